The Morgan fingerprint density at radius 1 is 0.977 bits per heavy atom. The van der Waals surface area contributed by atoms with E-state index >= 15 is 0 Å². The Hall–Kier alpha value is -4.96. The molecular weight excluding hydrogens is 563 g/mol. The molecule has 228 valence electrons. The summed E-state index contributed by atoms with van der Waals surface area (Å²) >= 11 is 0. The molecule has 2 heterocycles. The van der Waals surface area contributed by atoms with Gasteiger partial charge in [0.25, 0.3) is 5.91 Å². The van der Waals surface area contributed by atoms with Gasteiger partial charge in [-0.05, 0) is 61.0 Å². The number of esters is 1. The standard InChI is InChI=1S/C34H35FN4O5/c1-3-17-39-29(23-37-18-20-38(21-19-37)32(40)24-13-15-26(35)16-14-24)30(33(41)43-4-2)31(36-34(39)42)25-9-8-12-28(22-25)44-27-10-6-5-7-11-27/h3,5-16,22,31H,1,4,17-21,23H2,2H3,(H,36,42). The Labute approximate surface area is 256 Å². The quantitative estimate of drug-likeness (QED) is 0.257. The molecule has 0 aromatic heterocycles. The van der Waals surface area contributed by atoms with Gasteiger partial charge in [0.2, 0.25) is 0 Å². The average molecular weight is 599 g/mol. The minimum Gasteiger partial charge on any atom is -0.463 e. The molecule has 3 aromatic rings. The molecule has 5 rings (SSSR count). The maximum Gasteiger partial charge on any atom is 0.338 e. The number of ether oxygens (including phenoxy) is 2. The molecule has 1 atom stereocenters. The first-order valence-electron chi connectivity index (χ1n) is 14.6. The molecule has 10 heteroatoms. The first-order valence-corrected chi connectivity index (χ1v) is 14.6. The highest BCUT2D eigenvalue weighted by atomic mass is 19.1. The molecule has 0 radical (unpaired) electrons. The molecule has 1 saturated heterocycles. The van der Waals surface area contributed by atoms with Gasteiger partial charge in [0.05, 0.1) is 18.2 Å². The predicted molar refractivity (Wildman–Crippen MR) is 164 cm³/mol. The number of piperazine rings is 1. The summed E-state index contributed by atoms with van der Waals surface area (Å²) in [6.07, 6.45) is 1.61. The van der Waals surface area contributed by atoms with Gasteiger partial charge < -0.3 is 19.7 Å². The van der Waals surface area contributed by atoms with Crippen LogP contribution in [0.3, 0.4) is 0 Å². The van der Waals surface area contributed by atoms with Gasteiger partial charge in [0, 0.05) is 50.5 Å². The van der Waals surface area contributed by atoms with Crippen LogP contribution in [0.4, 0.5) is 9.18 Å². The van der Waals surface area contributed by atoms with Gasteiger partial charge >= 0.3 is 12.0 Å². The molecule has 1 N–H and O–H groups in total. The van der Waals surface area contributed by atoms with Crippen LogP contribution in [0.2, 0.25) is 0 Å². The molecular formula is C34H35FN4O5. The monoisotopic (exact) mass is 598 g/mol. The third kappa shape index (κ3) is 6.98. The van der Waals surface area contributed by atoms with Gasteiger partial charge in [-0.25, -0.2) is 14.0 Å². The fourth-order valence-electron chi connectivity index (χ4n) is 5.37. The van der Waals surface area contributed by atoms with E-state index in [0.29, 0.717) is 60.1 Å². The number of halogens is 1. The van der Waals surface area contributed by atoms with Gasteiger partial charge in [0.1, 0.15) is 17.3 Å². The normalized spacial score (nSPS) is 17.2. The molecule has 9 nitrogen and oxygen atoms in total. The zero-order valence-corrected chi connectivity index (χ0v) is 24.6. The second-order valence-electron chi connectivity index (χ2n) is 10.4. The second-order valence-corrected chi connectivity index (χ2v) is 10.4. The highest BCUT2D eigenvalue weighted by molar-refractivity contribution is 5.95. The van der Waals surface area contributed by atoms with Crippen LogP contribution in [-0.4, -0.2) is 78.5 Å². The van der Waals surface area contributed by atoms with Crippen LogP contribution in [0.5, 0.6) is 11.5 Å². The topological polar surface area (TPSA) is 91.4 Å². The third-order valence-electron chi connectivity index (χ3n) is 7.54. The molecule has 3 amide bonds. The minimum absolute atomic E-state index is 0.166. The summed E-state index contributed by atoms with van der Waals surface area (Å²) in [6.45, 7) is 8.10. The van der Waals surface area contributed by atoms with E-state index in [1.807, 2.05) is 48.5 Å². The largest absolute Gasteiger partial charge is 0.463 e. The van der Waals surface area contributed by atoms with Crippen molar-refractivity contribution in [2.24, 2.45) is 0 Å². The van der Waals surface area contributed by atoms with Crippen molar-refractivity contribution in [1.82, 2.24) is 20.0 Å². The van der Waals surface area contributed by atoms with Crippen molar-refractivity contribution in [2.45, 2.75) is 13.0 Å². The highest BCUT2D eigenvalue weighted by Crippen LogP contribution is 2.34. The van der Waals surface area contributed by atoms with Crippen LogP contribution in [0, 0.1) is 5.82 Å². The van der Waals surface area contributed by atoms with Crippen molar-refractivity contribution in [1.29, 1.82) is 0 Å². The van der Waals surface area contributed by atoms with Crippen LogP contribution in [-0.2, 0) is 9.53 Å². The lowest BCUT2D eigenvalue weighted by Gasteiger charge is -2.40. The molecule has 1 unspecified atom stereocenters. The number of para-hydroxylation sites is 1. The molecule has 1 fully saturated rings. The Morgan fingerprint density at radius 3 is 2.36 bits per heavy atom. The maximum absolute atomic E-state index is 13.6. The van der Waals surface area contributed by atoms with Crippen LogP contribution >= 0.6 is 0 Å². The van der Waals surface area contributed by atoms with Crippen molar-refractivity contribution >= 4 is 17.9 Å². The molecule has 3 aromatic carbocycles. The molecule has 2 aliphatic heterocycles. The number of hydrogen-bond acceptors (Lipinski definition) is 6. The van der Waals surface area contributed by atoms with Gasteiger partial charge in [-0.1, -0.05) is 36.4 Å². The van der Waals surface area contributed by atoms with Crippen molar-refractivity contribution in [3.63, 3.8) is 0 Å². The van der Waals surface area contributed by atoms with Crippen molar-refractivity contribution in [3.8, 4) is 11.5 Å². The van der Waals surface area contributed by atoms with Crippen molar-refractivity contribution in [3.05, 3.63) is 120 Å². The fraction of sp³-hybridized carbons (Fsp3) is 0.265. The summed E-state index contributed by atoms with van der Waals surface area (Å²) < 4.78 is 24.9. The number of urea groups is 1. The maximum atomic E-state index is 13.6. The molecule has 0 aliphatic carbocycles. The lowest BCUT2D eigenvalue weighted by atomic mass is 9.93. The molecule has 0 bridgehead atoms. The van der Waals surface area contributed by atoms with Crippen LogP contribution < -0.4 is 10.1 Å². The van der Waals surface area contributed by atoms with E-state index in [0.717, 1.165) is 0 Å². The number of hydrogen-bond donors (Lipinski definition) is 1. The Morgan fingerprint density at radius 2 is 1.68 bits per heavy atom. The van der Waals surface area contributed by atoms with E-state index in [9.17, 15) is 18.8 Å². The lowest BCUT2D eigenvalue weighted by Crippen LogP contribution is -2.53. The van der Waals surface area contributed by atoms with E-state index in [-0.39, 0.29) is 31.6 Å². The summed E-state index contributed by atoms with van der Waals surface area (Å²) in [5.74, 6) is 0.128. The Kier molecular flexibility index (Phi) is 9.71. The Balaban J connectivity index is 1.43. The number of amides is 3. The predicted octanol–water partition coefficient (Wildman–Crippen LogP) is 5.15. The third-order valence-corrected chi connectivity index (χ3v) is 7.54. The Bertz CT molecular complexity index is 1530. The van der Waals surface area contributed by atoms with E-state index < -0.39 is 17.8 Å². The zero-order valence-electron chi connectivity index (χ0n) is 24.6. The van der Waals surface area contributed by atoms with E-state index in [2.05, 4.69) is 16.8 Å². The van der Waals surface area contributed by atoms with Crippen molar-refractivity contribution < 1.29 is 28.2 Å². The van der Waals surface area contributed by atoms with Crippen LogP contribution in [0.1, 0.15) is 28.9 Å². The first kappa shape index (κ1) is 30.5. The van der Waals surface area contributed by atoms with E-state index in [1.54, 1.807) is 24.0 Å². The highest BCUT2D eigenvalue weighted by Gasteiger charge is 2.39. The number of rotatable bonds is 10. The second kappa shape index (κ2) is 14.0. The molecule has 44 heavy (non-hydrogen) atoms. The van der Waals surface area contributed by atoms with Gasteiger partial charge in [-0.2, -0.15) is 0 Å². The fourth-order valence-corrected chi connectivity index (χ4v) is 5.37. The zero-order chi connectivity index (χ0) is 31.1. The van der Waals surface area contributed by atoms with Gasteiger partial charge in [-0.3, -0.25) is 14.6 Å². The first-order chi connectivity index (χ1) is 21.4. The molecule has 0 spiro atoms. The summed E-state index contributed by atoms with van der Waals surface area (Å²) in [6, 6.07) is 21.0. The lowest BCUT2D eigenvalue weighted by molar-refractivity contribution is -0.139. The van der Waals surface area contributed by atoms with Crippen LogP contribution in [0.15, 0.2) is 103 Å². The van der Waals surface area contributed by atoms with Gasteiger partial charge in [-0.15, -0.1) is 6.58 Å². The minimum atomic E-state index is -0.779. The summed E-state index contributed by atoms with van der Waals surface area (Å²) in [4.78, 5) is 45.4. The number of carbonyl (C=O) groups excluding carboxylic acids is 3. The van der Waals surface area contributed by atoms with E-state index in [1.165, 1.54) is 29.2 Å². The molecule has 0 saturated carbocycles. The SMILES string of the molecule is C=CCN1C(=O)NC(c2cccc(Oc3ccccc3)c2)C(C(=O)OCC)=C1CN1CCN(C(=O)c2ccc(F)cc2)CC1. The molecule has 2 aliphatic rings. The summed E-state index contributed by atoms with van der Waals surface area (Å²) in [5, 5.41) is 2.99. The summed E-state index contributed by atoms with van der Waals surface area (Å²) in [5.41, 5.74) is 1.94. The summed E-state index contributed by atoms with van der Waals surface area (Å²) in [7, 11) is 0. The number of nitrogens with one attached hydrogen (secondary N) is 1. The smallest absolute Gasteiger partial charge is 0.338 e. The van der Waals surface area contributed by atoms with Gasteiger partial charge in [0.15, 0.2) is 0 Å². The number of nitrogens with zero attached hydrogens (tertiary/aromatic N) is 3. The average Bonchev–Trinajstić information content (AvgIpc) is 3.03. The number of carbonyl (C=O) groups is 3. The number of benzene rings is 3. The van der Waals surface area contributed by atoms with E-state index in [4.69, 9.17) is 9.47 Å². The van der Waals surface area contributed by atoms with Crippen LogP contribution in [0.25, 0.3) is 0 Å². The van der Waals surface area contributed by atoms with Crippen molar-refractivity contribution in [2.75, 3.05) is 45.9 Å².